The molecule has 1 rings (SSSR count). The van der Waals surface area contributed by atoms with Crippen molar-refractivity contribution in [2.24, 2.45) is 0 Å². The maximum absolute atomic E-state index is 12.5. The number of hydrogen-bond acceptors (Lipinski definition) is 2. The Morgan fingerprint density at radius 1 is 1.67 bits per heavy atom. The van der Waals surface area contributed by atoms with Crippen molar-refractivity contribution in [3.63, 3.8) is 0 Å². The number of alkyl halides is 1. The summed E-state index contributed by atoms with van der Waals surface area (Å²) >= 11 is 0. The maximum atomic E-state index is 12.5. The normalized spacial score (nSPS) is 39.0. The first-order chi connectivity index (χ1) is 4.20. The molecule has 0 aromatic rings. The van der Waals surface area contributed by atoms with Gasteiger partial charge in [0.05, 0.1) is 6.10 Å². The van der Waals surface area contributed by atoms with Crippen LogP contribution in [0.3, 0.4) is 0 Å². The predicted octanol–water partition coefficient (Wildman–Crippen LogP) is 0.0209. The van der Waals surface area contributed by atoms with E-state index >= 15 is 0 Å². The van der Waals surface area contributed by atoms with E-state index in [0.29, 0.717) is 13.0 Å². The average Bonchev–Trinajstić information content (AvgIpc) is 1.80. The number of likely N-dealkylation sites (tertiary alicyclic amines) is 1. The number of halogens is 1. The third-order valence-electron chi connectivity index (χ3n) is 1.71. The summed E-state index contributed by atoms with van der Waals surface area (Å²) in [5.41, 5.74) is 0. The van der Waals surface area contributed by atoms with Gasteiger partial charge < -0.3 is 10.0 Å². The molecule has 54 valence electrons. The second-order valence-electron chi connectivity index (χ2n) is 2.63. The van der Waals surface area contributed by atoms with Crippen LogP contribution in [-0.4, -0.2) is 42.4 Å². The fraction of sp³-hybridized carbons (Fsp3) is 1.00. The quantitative estimate of drug-likeness (QED) is 0.503. The second-order valence-corrected chi connectivity index (χ2v) is 2.63. The van der Waals surface area contributed by atoms with E-state index in [1.807, 2.05) is 11.9 Å². The topological polar surface area (TPSA) is 23.5 Å². The molecule has 1 saturated heterocycles. The monoisotopic (exact) mass is 133 g/mol. The molecule has 0 aromatic heterocycles. The molecule has 0 radical (unpaired) electrons. The molecule has 0 aliphatic carbocycles. The number of rotatable bonds is 0. The Labute approximate surface area is 54.3 Å². The molecule has 0 spiro atoms. The Hall–Kier alpha value is -0.150. The van der Waals surface area contributed by atoms with Crippen molar-refractivity contribution in [2.45, 2.75) is 18.7 Å². The van der Waals surface area contributed by atoms with Crippen LogP contribution in [0.15, 0.2) is 0 Å². The van der Waals surface area contributed by atoms with Gasteiger partial charge in [0, 0.05) is 13.1 Å². The highest BCUT2D eigenvalue weighted by atomic mass is 19.1. The van der Waals surface area contributed by atoms with Gasteiger partial charge in [0.25, 0.3) is 0 Å². The summed E-state index contributed by atoms with van der Waals surface area (Å²) < 4.78 is 12.5. The van der Waals surface area contributed by atoms with Crippen molar-refractivity contribution in [2.75, 3.05) is 20.1 Å². The minimum absolute atomic E-state index is 0.376. The van der Waals surface area contributed by atoms with E-state index in [2.05, 4.69) is 0 Å². The van der Waals surface area contributed by atoms with E-state index < -0.39 is 12.3 Å². The Morgan fingerprint density at radius 3 is 2.78 bits per heavy atom. The van der Waals surface area contributed by atoms with Crippen molar-refractivity contribution in [3.05, 3.63) is 0 Å². The third kappa shape index (κ3) is 1.63. The molecule has 2 atom stereocenters. The predicted molar refractivity (Wildman–Crippen MR) is 33.0 cm³/mol. The highest BCUT2D eigenvalue weighted by Crippen LogP contribution is 2.11. The highest BCUT2D eigenvalue weighted by molar-refractivity contribution is 4.77. The zero-order valence-electron chi connectivity index (χ0n) is 5.55. The molecule has 1 aliphatic rings. The van der Waals surface area contributed by atoms with Crippen LogP contribution in [0.4, 0.5) is 4.39 Å². The second kappa shape index (κ2) is 2.62. The Balaban J connectivity index is 2.35. The standard InChI is InChI=1S/C6H12FNO/c1-8-3-2-6(9)5(7)4-8/h5-6,9H,2-4H2,1H3/t5-,6+/m1/s1. The summed E-state index contributed by atoms with van der Waals surface area (Å²) in [6.07, 6.45) is -1.19. The van der Waals surface area contributed by atoms with E-state index in [0.717, 1.165) is 6.54 Å². The molecule has 0 aromatic carbocycles. The minimum Gasteiger partial charge on any atom is -0.390 e. The van der Waals surface area contributed by atoms with Gasteiger partial charge in [0.1, 0.15) is 6.17 Å². The number of piperidine rings is 1. The number of aliphatic hydroxyl groups excluding tert-OH is 1. The van der Waals surface area contributed by atoms with Gasteiger partial charge >= 0.3 is 0 Å². The van der Waals surface area contributed by atoms with Crippen molar-refractivity contribution in [3.8, 4) is 0 Å². The van der Waals surface area contributed by atoms with Gasteiger partial charge in [-0.25, -0.2) is 4.39 Å². The Bertz CT molecular complexity index is 99.1. The first kappa shape index (κ1) is 6.96. The van der Waals surface area contributed by atoms with Crippen LogP contribution in [0.5, 0.6) is 0 Å². The number of hydrogen-bond donors (Lipinski definition) is 1. The van der Waals surface area contributed by atoms with Gasteiger partial charge in [0.2, 0.25) is 0 Å². The molecular weight excluding hydrogens is 121 g/mol. The molecule has 1 aliphatic heterocycles. The first-order valence-electron chi connectivity index (χ1n) is 3.21. The average molecular weight is 133 g/mol. The number of nitrogens with zero attached hydrogens (tertiary/aromatic N) is 1. The molecule has 0 saturated carbocycles. The Morgan fingerprint density at radius 2 is 2.33 bits per heavy atom. The summed E-state index contributed by atoms with van der Waals surface area (Å²) in [6.45, 7) is 1.18. The first-order valence-corrected chi connectivity index (χ1v) is 3.21. The molecule has 0 unspecified atom stereocenters. The van der Waals surface area contributed by atoms with E-state index in [1.165, 1.54) is 0 Å². The molecule has 0 amide bonds. The molecule has 1 fully saturated rings. The van der Waals surface area contributed by atoms with Crippen LogP contribution in [0.2, 0.25) is 0 Å². The van der Waals surface area contributed by atoms with Gasteiger partial charge in [0.15, 0.2) is 0 Å². The summed E-state index contributed by atoms with van der Waals surface area (Å²) in [7, 11) is 1.86. The lowest BCUT2D eigenvalue weighted by molar-refractivity contribution is 0.0149. The molecule has 2 nitrogen and oxygen atoms in total. The fourth-order valence-electron chi connectivity index (χ4n) is 1.04. The van der Waals surface area contributed by atoms with Crippen LogP contribution in [-0.2, 0) is 0 Å². The van der Waals surface area contributed by atoms with E-state index in [-0.39, 0.29) is 0 Å². The van der Waals surface area contributed by atoms with Gasteiger partial charge in [-0.05, 0) is 13.5 Å². The van der Waals surface area contributed by atoms with Crippen LogP contribution in [0.25, 0.3) is 0 Å². The van der Waals surface area contributed by atoms with Gasteiger partial charge in [-0.3, -0.25) is 0 Å². The molecule has 1 N–H and O–H groups in total. The smallest absolute Gasteiger partial charge is 0.138 e. The zero-order valence-corrected chi connectivity index (χ0v) is 5.55. The van der Waals surface area contributed by atoms with E-state index in [1.54, 1.807) is 0 Å². The molecule has 3 heteroatoms. The summed E-state index contributed by atoms with van der Waals surface area (Å²) in [4.78, 5) is 1.89. The van der Waals surface area contributed by atoms with Gasteiger partial charge in [-0.1, -0.05) is 0 Å². The van der Waals surface area contributed by atoms with Crippen molar-refractivity contribution in [1.82, 2.24) is 4.90 Å². The van der Waals surface area contributed by atoms with E-state index in [9.17, 15) is 4.39 Å². The summed E-state index contributed by atoms with van der Waals surface area (Å²) in [5, 5.41) is 8.89. The molecule has 0 bridgehead atoms. The lowest BCUT2D eigenvalue weighted by Gasteiger charge is -2.28. The molecular formula is C6H12FNO. The van der Waals surface area contributed by atoms with Crippen LogP contribution >= 0.6 is 0 Å². The summed E-state index contributed by atoms with van der Waals surface area (Å²) in [5.74, 6) is 0. The van der Waals surface area contributed by atoms with Crippen molar-refractivity contribution in [1.29, 1.82) is 0 Å². The lowest BCUT2D eigenvalue weighted by atomic mass is 10.1. The highest BCUT2D eigenvalue weighted by Gasteiger charge is 2.24. The van der Waals surface area contributed by atoms with Gasteiger partial charge in [-0.15, -0.1) is 0 Å². The lowest BCUT2D eigenvalue weighted by Crippen LogP contribution is -2.42. The zero-order chi connectivity index (χ0) is 6.85. The maximum Gasteiger partial charge on any atom is 0.138 e. The van der Waals surface area contributed by atoms with Crippen LogP contribution in [0.1, 0.15) is 6.42 Å². The van der Waals surface area contributed by atoms with Crippen molar-refractivity contribution >= 4 is 0 Å². The SMILES string of the molecule is CN1CC[C@H](O)[C@H](F)C1. The van der Waals surface area contributed by atoms with E-state index in [4.69, 9.17) is 5.11 Å². The van der Waals surface area contributed by atoms with Crippen molar-refractivity contribution < 1.29 is 9.50 Å². The number of aliphatic hydroxyl groups is 1. The molecule has 1 heterocycles. The minimum atomic E-state index is -1.04. The Kier molecular flexibility index (Phi) is 2.03. The van der Waals surface area contributed by atoms with Crippen LogP contribution < -0.4 is 0 Å². The largest absolute Gasteiger partial charge is 0.390 e. The van der Waals surface area contributed by atoms with Crippen LogP contribution in [0, 0.1) is 0 Å². The molecule has 9 heavy (non-hydrogen) atoms. The third-order valence-corrected chi connectivity index (χ3v) is 1.71. The summed E-state index contributed by atoms with van der Waals surface area (Å²) in [6, 6.07) is 0. The van der Waals surface area contributed by atoms with Gasteiger partial charge in [-0.2, -0.15) is 0 Å². The fourth-order valence-corrected chi connectivity index (χ4v) is 1.04.